The molecular weight excluding hydrogens is 290 g/mol. The molecule has 1 N–H and O–H groups in total. The summed E-state index contributed by atoms with van der Waals surface area (Å²) in [6, 6.07) is -0.204. The van der Waals surface area contributed by atoms with E-state index in [1.54, 1.807) is 6.92 Å². The summed E-state index contributed by atoms with van der Waals surface area (Å²) in [5.74, 6) is -0.533. The van der Waals surface area contributed by atoms with E-state index in [4.69, 9.17) is 0 Å². The first kappa shape index (κ1) is 15.3. The summed E-state index contributed by atoms with van der Waals surface area (Å²) in [5, 5.41) is 9.65. The molecule has 6 heteroatoms. The molecule has 2 saturated carbocycles. The number of hydrogen-bond donors (Lipinski definition) is 1. The maximum Gasteiger partial charge on any atom is 0.241 e. The molecule has 120 valence electrons. The fourth-order valence-corrected chi connectivity index (χ4v) is 7.60. The Kier molecular flexibility index (Phi) is 3.07. The van der Waals surface area contributed by atoms with Crippen LogP contribution in [0.25, 0.3) is 0 Å². The first-order valence-electron chi connectivity index (χ1n) is 7.78. The highest BCUT2D eigenvalue weighted by Crippen LogP contribution is 2.70. The third kappa shape index (κ3) is 1.72. The molecule has 1 heterocycles. The summed E-state index contributed by atoms with van der Waals surface area (Å²) in [6.45, 7) is 7.45. The molecule has 3 aliphatic rings. The second-order valence-electron chi connectivity index (χ2n) is 7.78. The van der Waals surface area contributed by atoms with E-state index in [0.717, 1.165) is 23.6 Å². The van der Waals surface area contributed by atoms with Crippen LogP contribution in [0.15, 0.2) is 0 Å². The molecule has 21 heavy (non-hydrogen) atoms. The Balaban J connectivity index is 2.03. The van der Waals surface area contributed by atoms with Gasteiger partial charge in [-0.05, 0) is 37.5 Å². The highest BCUT2D eigenvalue weighted by atomic mass is 32.2. The zero-order valence-electron chi connectivity index (χ0n) is 13.2. The Hall–Kier alpha value is -0.620. The highest BCUT2D eigenvalue weighted by molar-refractivity contribution is 7.90. The molecule has 0 unspecified atom stereocenters. The van der Waals surface area contributed by atoms with Gasteiger partial charge in [0.15, 0.2) is 0 Å². The predicted molar refractivity (Wildman–Crippen MR) is 78.8 cm³/mol. The van der Waals surface area contributed by atoms with Gasteiger partial charge < -0.3 is 5.11 Å². The van der Waals surface area contributed by atoms with Gasteiger partial charge in [-0.2, -0.15) is 0 Å². The van der Waals surface area contributed by atoms with Crippen molar-refractivity contribution in [2.24, 2.45) is 22.7 Å². The van der Waals surface area contributed by atoms with Crippen molar-refractivity contribution in [3.63, 3.8) is 0 Å². The molecule has 0 aromatic carbocycles. The van der Waals surface area contributed by atoms with Gasteiger partial charge in [0.05, 0.1) is 23.8 Å². The largest absolute Gasteiger partial charge is 0.393 e. The van der Waals surface area contributed by atoms with Crippen molar-refractivity contribution in [1.82, 2.24) is 4.31 Å². The summed E-state index contributed by atoms with van der Waals surface area (Å²) >= 11 is 0. The van der Waals surface area contributed by atoms with Gasteiger partial charge >= 0.3 is 0 Å². The van der Waals surface area contributed by atoms with Crippen molar-refractivity contribution in [1.29, 1.82) is 0 Å². The minimum absolute atomic E-state index is 0.0339. The van der Waals surface area contributed by atoms with Crippen LogP contribution >= 0.6 is 0 Å². The van der Waals surface area contributed by atoms with E-state index in [2.05, 4.69) is 13.8 Å². The fourth-order valence-electron chi connectivity index (χ4n) is 4.99. The van der Waals surface area contributed by atoms with Crippen molar-refractivity contribution in [2.45, 2.75) is 59.1 Å². The van der Waals surface area contributed by atoms with E-state index < -0.39 is 28.0 Å². The predicted octanol–water partition coefficient (Wildman–Crippen LogP) is 1.37. The molecule has 0 aromatic rings. The number of nitrogens with zero attached hydrogens (tertiary/aromatic N) is 1. The topological polar surface area (TPSA) is 74.7 Å². The average molecular weight is 315 g/mol. The lowest BCUT2D eigenvalue weighted by Crippen LogP contribution is -2.47. The molecule has 1 aliphatic heterocycles. The number of sulfonamides is 1. The molecule has 2 bridgehead atoms. The number of aliphatic hydroxyl groups is 1. The Morgan fingerprint density at radius 3 is 2.48 bits per heavy atom. The van der Waals surface area contributed by atoms with Crippen LogP contribution in [0, 0.1) is 22.7 Å². The second kappa shape index (κ2) is 4.22. The monoisotopic (exact) mass is 315 g/mol. The summed E-state index contributed by atoms with van der Waals surface area (Å²) in [6.07, 6.45) is 1.90. The van der Waals surface area contributed by atoms with Crippen LogP contribution in [0.4, 0.5) is 0 Å². The van der Waals surface area contributed by atoms with E-state index in [1.807, 2.05) is 0 Å². The number of amides is 1. The van der Waals surface area contributed by atoms with E-state index in [1.165, 1.54) is 6.92 Å². The lowest BCUT2D eigenvalue weighted by Gasteiger charge is -2.37. The zero-order chi connectivity index (χ0) is 15.8. The van der Waals surface area contributed by atoms with Crippen LogP contribution in [0.5, 0.6) is 0 Å². The van der Waals surface area contributed by atoms with Gasteiger partial charge in [-0.15, -0.1) is 0 Å². The maximum absolute atomic E-state index is 12.6. The SMILES string of the molecule is C[C@H](O)[C@@H](C)C(=O)N1[C@@H]2C[C@H]3CC[C@]2(CS1(=O)=O)C3(C)C. The van der Waals surface area contributed by atoms with E-state index in [9.17, 15) is 18.3 Å². The summed E-state index contributed by atoms with van der Waals surface area (Å²) < 4.78 is 26.4. The standard InChI is InChI=1S/C15H25NO4S/c1-9(10(2)17)13(18)16-12-7-11-5-6-15(12,14(11,3)4)8-21(16,19)20/h9-12,17H,5-8H2,1-4H3/t9-,10+,11-,12-,15-/m1/s1. The number of hydrogen-bond acceptors (Lipinski definition) is 4. The van der Waals surface area contributed by atoms with Crippen LogP contribution in [-0.2, 0) is 14.8 Å². The first-order valence-corrected chi connectivity index (χ1v) is 9.39. The summed E-state index contributed by atoms with van der Waals surface area (Å²) in [5.41, 5.74) is -0.321. The van der Waals surface area contributed by atoms with Crippen molar-refractivity contribution in [3.8, 4) is 0 Å². The van der Waals surface area contributed by atoms with Gasteiger partial charge in [0.1, 0.15) is 0 Å². The molecule has 1 amide bonds. The molecule has 2 aliphatic carbocycles. The Bertz CT molecular complexity index is 582. The minimum Gasteiger partial charge on any atom is -0.393 e. The van der Waals surface area contributed by atoms with E-state index in [-0.39, 0.29) is 22.6 Å². The van der Waals surface area contributed by atoms with Crippen LogP contribution in [0.1, 0.15) is 47.0 Å². The Morgan fingerprint density at radius 2 is 1.95 bits per heavy atom. The average Bonchev–Trinajstić information content (AvgIpc) is 2.83. The molecule has 5 atom stereocenters. The molecule has 3 rings (SSSR count). The highest BCUT2D eigenvalue weighted by Gasteiger charge is 2.72. The van der Waals surface area contributed by atoms with Gasteiger partial charge in [0.2, 0.25) is 15.9 Å². The van der Waals surface area contributed by atoms with Gasteiger partial charge in [-0.25, -0.2) is 12.7 Å². The molecule has 5 nitrogen and oxygen atoms in total. The lowest BCUT2D eigenvalue weighted by atomic mass is 9.69. The zero-order valence-corrected chi connectivity index (χ0v) is 14.0. The molecule has 0 aromatic heterocycles. The van der Waals surface area contributed by atoms with Crippen LogP contribution < -0.4 is 0 Å². The molecular formula is C15H25NO4S. The van der Waals surface area contributed by atoms with Gasteiger partial charge in [-0.1, -0.05) is 20.8 Å². The normalized spacial score (nSPS) is 41.9. The van der Waals surface area contributed by atoms with Crippen molar-refractivity contribution in [2.75, 3.05) is 5.75 Å². The van der Waals surface area contributed by atoms with Gasteiger partial charge in [-0.3, -0.25) is 4.79 Å². The van der Waals surface area contributed by atoms with Gasteiger partial charge in [0, 0.05) is 5.41 Å². The lowest BCUT2D eigenvalue weighted by molar-refractivity contribution is -0.135. The summed E-state index contributed by atoms with van der Waals surface area (Å²) in [7, 11) is -3.57. The number of aliphatic hydroxyl groups excluding tert-OH is 1. The van der Waals surface area contributed by atoms with Gasteiger partial charge in [0.25, 0.3) is 0 Å². The quantitative estimate of drug-likeness (QED) is 0.835. The Morgan fingerprint density at radius 1 is 1.33 bits per heavy atom. The van der Waals surface area contributed by atoms with Crippen molar-refractivity contribution in [3.05, 3.63) is 0 Å². The molecule has 0 radical (unpaired) electrons. The molecule has 3 fully saturated rings. The molecule has 1 saturated heterocycles. The number of rotatable bonds is 2. The van der Waals surface area contributed by atoms with E-state index >= 15 is 0 Å². The van der Waals surface area contributed by atoms with Crippen LogP contribution in [0.3, 0.4) is 0 Å². The number of fused-ring (bicyclic) bond motifs is 1. The van der Waals surface area contributed by atoms with Crippen LogP contribution in [-0.4, -0.2) is 41.6 Å². The van der Waals surface area contributed by atoms with E-state index in [0.29, 0.717) is 5.92 Å². The minimum atomic E-state index is -3.57. The first-order chi connectivity index (χ1) is 9.54. The number of carbonyl (C=O) groups is 1. The van der Waals surface area contributed by atoms with Crippen molar-refractivity contribution < 1.29 is 18.3 Å². The Labute approximate surface area is 126 Å². The third-order valence-electron chi connectivity index (χ3n) is 6.74. The van der Waals surface area contributed by atoms with Crippen molar-refractivity contribution >= 4 is 15.9 Å². The molecule has 1 spiro atoms. The summed E-state index contributed by atoms with van der Waals surface area (Å²) in [4.78, 5) is 12.6. The number of carbonyl (C=O) groups excluding carboxylic acids is 1. The smallest absolute Gasteiger partial charge is 0.241 e. The van der Waals surface area contributed by atoms with Crippen LogP contribution in [0.2, 0.25) is 0 Å². The fraction of sp³-hybridized carbons (Fsp3) is 0.933. The second-order valence-corrected chi connectivity index (χ2v) is 9.63. The third-order valence-corrected chi connectivity index (χ3v) is 8.66. The maximum atomic E-state index is 12.6.